The van der Waals surface area contributed by atoms with Gasteiger partial charge in [0.1, 0.15) is 5.75 Å². The zero-order valence-electron chi connectivity index (χ0n) is 13.9. The van der Waals surface area contributed by atoms with Gasteiger partial charge in [0, 0.05) is 13.1 Å². The summed E-state index contributed by atoms with van der Waals surface area (Å²) in [7, 11) is 0. The highest BCUT2D eigenvalue weighted by Gasteiger charge is 2.15. The first-order valence-corrected chi connectivity index (χ1v) is 7.86. The SMILES string of the molecule is C=CCN(CCC(=O)OCC)C(=O)COc1ccc(CC)cc1. The maximum absolute atomic E-state index is 12.2. The van der Waals surface area contributed by atoms with Crippen molar-refractivity contribution in [2.24, 2.45) is 0 Å². The topological polar surface area (TPSA) is 55.8 Å². The van der Waals surface area contributed by atoms with Gasteiger partial charge in [-0.2, -0.15) is 0 Å². The Morgan fingerprint density at radius 3 is 2.48 bits per heavy atom. The first kappa shape index (κ1) is 18.7. The molecule has 5 nitrogen and oxygen atoms in total. The van der Waals surface area contributed by atoms with E-state index in [1.165, 1.54) is 10.5 Å². The van der Waals surface area contributed by atoms with Gasteiger partial charge in [-0.05, 0) is 31.0 Å². The zero-order valence-corrected chi connectivity index (χ0v) is 13.9. The number of rotatable bonds is 10. The van der Waals surface area contributed by atoms with Crippen LogP contribution in [0.5, 0.6) is 5.75 Å². The van der Waals surface area contributed by atoms with Gasteiger partial charge in [0.15, 0.2) is 6.61 Å². The molecular formula is C18H25NO4. The van der Waals surface area contributed by atoms with Crippen LogP contribution in [0.3, 0.4) is 0 Å². The Hall–Kier alpha value is -2.30. The third-order valence-electron chi connectivity index (χ3n) is 3.29. The summed E-state index contributed by atoms with van der Waals surface area (Å²) < 4.78 is 10.4. The normalized spacial score (nSPS) is 10.0. The van der Waals surface area contributed by atoms with E-state index < -0.39 is 0 Å². The lowest BCUT2D eigenvalue weighted by Crippen LogP contribution is -2.36. The second-order valence-corrected chi connectivity index (χ2v) is 4.97. The van der Waals surface area contributed by atoms with Crippen LogP contribution in [0.25, 0.3) is 0 Å². The molecule has 1 amide bonds. The van der Waals surface area contributed by atoms with Crippen LogP contribution in [0, 0.1) is 0 Å². The van der Waals surface area contributed by atoms with Crippen molar-refractivity contribution >= 4 is 11.9 Å². The number of benzene rings is 1. The molecule has 23 heavy (non-hydrogen) atoms. The summed E-state index contributed by atoms with van der Waals surface area (Å²) in [6.45, 7) is 8.40. The molecule has 0 fully saturated rings. The molecule has 0 radical (unpaired) electrons. The quantitative estimate of drug-likeness (QED) is 0.491. The van der Waals surface area contributed by atoms with Crippen molar-refractivity contribution in [3.63, 3.8) is 0 Å². The molecule has 1 aromatic carbocycles. The maximum atomic E-state index is 12.2. The Labute approximate surface area is 137 Å². The number of amides is 1. The molecule has 0 aliphatic rings. The monoisotopic (exact) mass is 319 g/mol. The molecule has 0 bridgehead atoms. The van der Waals surface area contributed by atoms with Crippen molar-refractivity contribution in [1.82, 2.24) is 4.90 Å². The molecule has 1 aromatic rings. The molecule has 0 saturated heterocycles. The van der Waals surface area contributed by atoms with Crippen molar-refractivity contribution in [2.45, 2.75) is 26.7 Å². The molecule has 0 atom stereocenters. The van der Waals surface area contributed by atoms with Crippen LogP contribution in [0.4, 0.5) is 0 Å². The first-order valence-electron chi connectivity index (χ1n) is 7.86. The lowest BCUT2D eigenvalue weighted by molar-refractivity contribution is -0.144. The van der Waals surface area contributed by atoms with Gasteiger partial charge in [-0.25, -0.2) is 0 Å². The van der Waals surface area contributed by atoms with E-state index in [2.05, 4.69) is 13.5 Å². The van der Waals surface area contributed by atoms with Crippen molar-refractivity contribution in [2.75, 3.05) is 26.3 Å². The zero-order chi connectivity index (χ0) is 17.1. The van der Waals surface area contributed by atoms with Crippen molar-refractivity contribution in [3.05, 3.63) is 42.5 Å². The van der Waals surface area contributed by atoms with Gasteiger partial charge in [-0.15, -0.1) is 6.58 Å². The number of carbonyl (C=O) groups excluding carboxylic acids is 2. The van der Waals surface area contributed by atoms with Gasteiger partial charge in [0.25, 0.3) is 5.91 Å². The Bertz CT molecular complexity index is 510. The van der Waals surface area contributed by atoms with E-state index in [1.54, 1.807) is 13.0 Å². The van der Waals surface area contributed by atoms with Gasteiger partial charge < -0.3 is 14.4 Å². The number of carbonyl (C=O) groups is 2. The van der Waals surface area contributed by atoms with Gasteiger partial charge in [0.2, 0.25) is 0 Å². The minimum atomic E-state index is -0.314. The summed E-state index contributed by atoms with van der Waals surface area (Å²) in [4.78, 5) is 25.1. The fraction of sp³-hybridized carbons (Fsp3) is 0.444. The largest absolute Gasteiger partial charge is 0.484 e. The molecule has 5 heteroatoms. The molecule has 0 spiro atoms. The number of hydrogen-bond donors (Lipinski definition) is 0. The van der Waals surface area contributed by atoms with Gasteiger partial charge in [-0.1, -0.05) is 25.1 Å². The second-order valence-electron chi connectivity index (χ2n) is 4.97. The van der Waals surface area contributed by atoms with Crippen LogP contribution in [-0.2, 0) is 20.7 Å². The summed E-state index contributed by atoms with van der Waals surface area (Å²) in [6, 6.07) is 7.65. The van der Waals surface area contributed by atoms with Crippen LogP contribution in [-0.4, -0.2) is 43.1 Å². The Balaban J connectivity index is 2.49. The van der Waals surface area contributed by atoms with Crippen LogP contribution >= 0.6 is 0 Å². The van der Waals surface area contributed by atoms with E-state index in [1.807, 2.05) is 24.3 Å². The lowest BCUT2D eigenvalue weighted by Gasteiger charge is -2.20. The van der Waals surface area contributed by atoms with Gasteiger partial charge in [-0.3, -0.25) is 9.59 Å². The Kier molecular flexibility index (Phi) is 8.50. The summed E-state index contributed by atoms with van der Waals surface area (Å²) in [5, 5.41) is 0. The molecular weight excluding hydrogens is 294 g/mol. The summed E-state index contributed by atoms with van der Waals surface area (Å²) in [6.07, 6.45) is 2.75. The lowest BCUT2D eigenvalue weighted by atomic mass is 10.2. The fourth-order valence-corrected chi connectivity index (χ4v) is 1.99. The van der Waals surface area contributed by atoms with Gasteiger partial charge in [0.05, 0.1) is 13.0 Å². The molecule has 126 valence electrons. The van der Waals surface area contributed by atoms with E-state index in [-0.39, 0.29) is 24.9 Å². The molecule has 0 unspecified atom stereocenters. The highest BCUT2D eigenvalue weighted by Crippen LogP contribution is 2.12. The molecule has 0 aliphatic carbocycles. The smallest absolute Gasteiger partial charge is 0.307 e. The van der Waals surface area contributed by atoms with Crippen molar-refractivity contribution < 1.29 is 19.1 Å². The number of ether oxygens (including phenoxy) is 2. The first-order chi connectivity index (χ1) is 11.1. The van der Waals surface area contributed by atoms with Gasteiger partial charge >= 0.3 is 5.97 Å². The van der Waals surface area contributed by atoms with E-state index in [4.69, 9.17) is 9.47 Å². The minimum Gasteiger partial charge on any atom is -0.484 e. The van der Waals surface area contributed by atoms with Crippen molar-refractivity contribution in [3.8, 4) is 5.75 Å². The third-order valence-corrected chi connectivity index (χ3v) is 3.29. The van der Waals surface area contributed by atoms with E-state index >= 15 is 0 Å². The number of esters is 1. The number of hydrogen-bond acceptors (Lipinski definition) is 4. The van der Waals surface area contributed by atoms with E-state index in [9.17, 15) is 9.59 Å². The summed E-state index contributed by atoms with van der Waals surface area (Å²) >= 11 is 0. The molecule has 0 heterocycles. The van der Waals surface area contributed by atoms with E-state index in [0.29, 0.717) is 25.4 Å². The molecule has 1 rings (SSSR count). The summed E-state index contributed by atoms with van der Waals surface area (Å²) in [5.74, 6) is 0.152. The van der Waals surface area contributed by atoms with Crippen LogP contribution < -0.4 is 4.74 Å². The highest BCUT2D eigenvalue weighted by atomic mass is 16.5. The fourth-order valence-electron chi connectivity index (χ4n) is 1.99. The summed E-state index contributed by atoms with van der Waals surface area (Å²) in [5.41, 5.74) is 1.21. The van der Waals surface area contributed by atoms with Crippen LogP contribution in [0.1, 0.15) is 25.8 Å². The number of aryl methyl sites for hydroxylation is 1. The third kappa shape index (κ3) is 7.00. The van der Waals surface area contributed by atoms with Crippen LogP contribution in [0.2, 0.25) is 0 Å². The predicted octanol–water partition coefficient (Wildman–Crippen LogP) is 2.60. The average molecular weight is 319 g/mol. The second kappa shape index (κ2) is 10.4. The highest BCUT2D eigenvalue weighted by molar-refractivity contribution is 5.78. The molecule has 0 saturated carbocycles. The maximum Gasteiger partial charge on any atom is 0.307 e. The molecule has 0 aliphatic heterocycles. The van der Waals surface area contributed by atoms with E-state index in [0.717, 1.165) is 6.42 Å². The molecule has 0 N–H and O–H groups in total. The minimum absolute atomic E-state index is 0.0673. The van der Waals surface area contributed by atoms with Crippen molar-refractivity contribution in [1.29, 1.82) is 0 Å². The molecule has 0 aromatic heterocycles. The average Bonchev–Trinajstić information content (AvgIpc) is 2.57. The number of nitrogens with zero attached hydrogens (tertiary/aromatic N) is 1. The van der Waals surface area contributed by atoms with Crippen LogP contribution in [0.15, 0.2) is 36.9 Å². The standard InChI is InChI=1S/C18H25NO4/c1-4-12-19(13-11-18(21)22-6-3)17(20)14-23-16-9-7-15(5-2)8-10-16/h4,7-10H,1,5-6,11-14H2,2-3H3. The Morgan fingerprint density at radius 1 is 1.22 bits per heavy atom. The predicted molar refractivity (Wildman–Crippen MR) is 89.3 cm³/mol. The Morgan fingerprint density at radius 2 is 1.91 bits per heavy atom.